The van der Waals surface area contributed by atoms with Crippen LogP contribution in [-0.2, 0) is 0 Å². The molecular formula is H6Br6K. The average molecular weight is 525 g/mol. The maximum atomic E-state index is 0. The molecule has 0 saturated heterocycles. The van der Waals surface area contributed by atoms with Crippen LogP contribution in [0.5, 0.6) is 0 Å². The van der Waals surface area contributed by atoms with Gasteiger partial charge in [0.05, 0.1) is 0 Å². The summed E-state index contributed by atoms with van der Waals surface area (Å²) in [7, 11) is 0. The predicted octanol–water partition coefficient (Wildman–Crippen LogP) is 3.09. The van der Waals surface area contributed by atoms with Gasteiger partial charge in [-0.15, -0.1) is 102 Å². The molecule has 1 radical (unpaired) electrons. The molecule has 0 rings (SSSR count). The van der Waals surface area contributed by atoms with Crippen LogP contribution in [0.1, 0.15) is 0 Å². The Bertz CT molecular complexity index is 4.14. The summed E-state index contributed by atoms with van der Waals surface area (Å²) in [5.74, 6) is 0. The van der Waals surface area contributed by atoms with Gasteiger partial charge in [-0.05, 0) is 0 Å². The fraction of sp³-hybridized carbons (Fsp3) is 0. The normalized spacial score (nSPS) is 0. The van der Waals surface area contributed by atoms with Crippen molar-refractivity contribution in [3.8, 4) is 0 Å². The van der Waals surface area contributed by atoms with E-state index in [1.165, 1.54) is 0 Å². The molecular weight excluding hydrogens is 519 g/mol. The standard InChI is InChI=1S/6BrH.K/h6*1H;. The second-order valence-electron chi connectivity index (χ2n) is 0. The van der Waals surface area contributed by atoms with Gasteiger partial charge in [0.15, 0.2) is 0 Å². The molecule has 7 heavy (non-hydrogen) atoms. The molecule has 0 saturated carbocycles. The van der Waals surface area contributed by atoms with Crippen molar-refractivity contribution in [2.75, 3.05) is 0 Å². The average Bonchev–Trinajstić information content (AvgIpc) is 0. The molecule has 0 aliphatic rings. The van der Waals surface area contributed by atoms with Crippen LogP contribution in [-0.4, -0.2) is 51.4 Å². The third kappa shape index (κ3) is 37.4. The van der Waals surface area contributed by atoms with Crippen LogP contribution in [0.2, 0.25) is 0 Å². The van der Waals surface area contributed by atoms with E-state index in [1.807, 2.05) is 0 Å². The van der Waals surface area contributed by atoms with Gasteiger partial charge in [0.1, 0.15) is 0 Å². The van der Waals surface area contributed by atoms with Gasteiger partial charge in [-0.25, -0.2) is 0 Å². The van der Waals surface area contributed by atoms with E-state index in [-0.39, 0.29) is 153 Å². The Balaban J connectivity index is 0. The summed E-state index contributed by atoms with van der Waals surface area (Å²) in [6, 6.07) is 0. The number of rotatable bonds is 0. The van der Waals surface area contributed by atoms with E-state index in [0.29, 0.717) is 0 Å². The molecule has 49 valence electrons. The molecule has 0 aliphatic heterocycles. The monoisotopic (exact) mass is 519 g/mol. The van der Waals surface area contributed by atoms with Crippen molar-refractivity contribution < 1.29 is 0 Å². The van der Waals surface area contributed by atoms with E-state index in [9.17, 15) is 0 Å². The molecule has 0 aliphatic carbocycles. The molecule has 0 spiro atoms. The van der Waals surface area contributed by atoms with Crippen LogP contribution in [0, 0.1) is 0 Å². The minimum absolute atomic E-state index is 0. The number of hydrogen-bond donors (Lipinski definition) is 0. The van der Waals surface area contributed by atoms with Gasteiger partial charge in [0, 0.05) is 51.4 Å². The van der Waals surface area contributed by atoms with E-state index in [4.69, 9.17) is 0 Å². The van der Waals surface area contributed by atoms with E-state index in [0.717, 1.165) is 0 Å². The van der Waals surface area contributed by atoms with Crippen molar-refractivity contribution in [1.29, 1.82) is 0 Å². The van der Waals surface area contributed by atoms with Crippen molar-refractivity contribution in [3.63, 3.8) is 0 Å². The summed E-state index contributed by atoms with van der Waals surface area (Å²) < 4.78 is 0. The molecule has 0 N–H and O–H groups in total. The summed E-state index contributed by atoms with van der Waals surface area (Å²) in [4.78, 5) is 0. The molecule has 0 atom stereocenters. The first-order valence-corrected chi connectivity index (χ1v) is 0. The van der Waals surface area contributed by atoms with E-state index in [1.54, 1.807) is 0 Å². The van der Waals surface area contributed by atoms with E-state index >= 15 is 0 Å². The Kier molecular flexibility index (Phi) is 416. The summed E-state index contributed by atoms with van der Waals surface area (Å²) in [5.41, 5.74) is 0. The molecule has 0 aromatic rings. The van der Waals surface area contributed by atoms with Crippen molar-refractivity contribution in [1.82, 2.24) is 0 Å². The second-order valence-corrected chi connectivity index (χ2v) is 0. The van der Waals surface area contributed by atoms with Crippen LogP contribution in [0.15, 0.2) is 0 Å². The minimum atomic E-state index is 0. The van der Waals surface area contributed by atoms with Crippen molar-refractivity contribution >= 4 is 153 Å². The summed E-state index contributed by atoms with van der Waals surface area (Å²) in [5, 5.41) is 0. The largest absolute Gasteiger partial charge is 0.114 e. The first kappa shape index (κ1) is 62.4. The summed E-state index contributed by atoms with van der Waals surface area (Å²) >= 11 is 0. The van der Waals surface area contributed by atoms with Gasteiger partial charge >= 0.3 is 0 Å². The van der Waals surface area contributed by atoms with E-state index in [2.05, 4.69) is 0 Å². The van der Waals surface area contributed by atoms with E-state index < -0.39 is 0 Å². The maximum absolute atomic E-state index is 0. The topological polar surface area (TPSA) is 0 Å². The Hall–Kier alpha value is 4.52. The van der Waals surface area contributed by atoms with Gasteiger partial charge in [-0.3, -0.25) is 0 Å². The van der Waals surface area contributed by atoms with Crippen molar-refractivity contribution in [3.05, 3.63) is 0 Å². The van der Waals surface area contributed by atoms with Crippen LogP contribution in [0.4, 0.5) is 0 Å². The minimum Gasteiger partial charge on any atom is -0.114 e. The van der Waals surface area contributed by atoms with Crippen LogP contribution >= 0.6 is 102 Å². The molecule has 0 heterocycles. The number of halogens is 6. The fourth-order valence-corrected chi connectivity index (χ4v) is 0. The third-order valence-electron chi connectivity index (χ3n) is 0. The summed E-state index contributed by atoms with van der Waals surface area (Å²) in [6.45, 7) is 0. The molecule has 0 fully saturated rings. The zero-order valence-electron chi connectivity index (χ0n) is 3.45. The first-order chi connectivity index (χ1) is 0. The van der Waals surface area contributed by atoms with Gasteiger partial charge < -0.3 is 0 Å². The van der Waals surface area contributed by atoms with Crippen LogP contribution in [0.3, 0.4) is 0 Å². The van der Waals surface area contributed by atoms with Crippen LogP contribution < -0.4 is 0 Å². The third-order valence-corrected chi connectivity index (χ3v) is 0. The zero-order chi connectivity index (χ0) is 0. The van der Waals surface area contributed by atoms with Gasteiger partial charge in [0.25, 0.3) is 0 Å². The molecule has 0 amide bonds. The zero-order valence-corrected chi connectivity index (χ0v) is 16.9. The fourth-order valence-electron chi connectivity index (χ4n) is 0. The molecule has 0 aromatic carbocycles. The maximum Gasteiger partial charge on any atom is 0 e. The quantitative estimate of drug-likeness (QED) is 0.428. The summed E-state index contributed by atoms with van der Waals surface area (Å²) in [6.07, 6.45) is 0. The molecule has 0 nitrogen and oxygen atoms in total. The van der Waals surface area contributed by atoms with Crippen molar-refractivity contribution in [2.45, 2.75) is 0 Å². The van der Waals surface area contributed by atoms with Crippen molar-refractivity contribution in [2.24, 2.45) is 0 Å². The number of hydrogen-bond acceptors (Lipinski definition) is 0. The first-order valence-electron chi connectivity index (χ1n) is 0. The molecule has 0 unspecified atom stereocenters. The molecule has 0 bridgehead atoms. The van der Waals surface area contributed by atoms with Gasteiger partial charge in [-0.2, -0.15) is 0 Å². The Morgan fingerprint density at radius 3 is 0.286 bits per heavy atom. The van der Waals surface area contributed by atoms with Gasteiger partial charge in [0.2, 0.25) is 0 Å². The SMILES string of the molecule is Br.Br.Br.Br.Br.Br.[K]. The Morgan fingerprint density at radius 1 is 0.286 bits per heavy atom. The smallest absolute Gasteiger partial charge is 0 e. The molecule has 7 heteroatoms. The predicted molar refractivity (Wildman–Crippen MR) is 67.7 cm³/mol. The van der Waals surface area contributed by atoms with Crippen LogP contribution in [0.25, 0.3) is 0 Å². The Morgan fingerprint density at radius 2 is 0.286 bits per heavy atom. The Labute approximate surface area is 149 Å². The van der Waals surface area contributed by atoms with Gasteiger partial charge in [-0.1, -0.05) is 0 Å². The molecule has 0 aromatic heterocycles. The second kappa shape index (κ2) is 46.7.